The molecule has 132 valence electrons. The second-order valence-electron chi connectivity index (χ2n) is 6.73. The second-order valence-corrected chi connectivity index (χ2v) is 8.88. The van der Waals surface area contributed by atoms with E-state index in [1.807, 2.05) is 18.0 Å². The lowest BCUT2D eigenvalue weighted by Crippen LogP contribution is -2.59. The quantitative estimate of drug-likeness (QED) is 0.795. The number of amides is 1. The van der Waals surface area contributed by atoms with Gasteiger partial charge >= 0.3 is 0 Å². The molecule has 2 aliphatic rings. The molecule has 8 heteroatoms. The first-order chi connectivity index (χ1) is 11.9. The molecule has 2 aliphatic heterocycles. The minimum atomic E-state index is -3.17. The van der Waals surface area contributed by atoms with Gasteiger partial charge in [-0.05, 0) is 19.2 Å². The Morgan fingerprint density at radius 3 is 2.76 bits per heavy atom. The molecule has 2 fully saturated rings. The molecule has 3 heterocycles. The van der Waals surface area contributed by atoms with E-state index >= 15 is 0 Å². The monoisotopic (exact) mass is 361 g/mol. The number of pyridine rings is 1. The summed E-state index contributed by atoms with van der Waals surface area (Å²) in [5.74, 6) is -0.450. The summed E-state index contributed by atoms with van der Waals surface area (Å²) in [6, 6.07) is 6.33. The predicted octanol–water partition coefficient (Wildman–Crippen LogP) is 0.494. The van der Waals surface area contributed by atoms with Crippen LogP contribution in [-0.2, 0) is 9.84 Å². The third-order valence-corrected chi connectivity index (χ3v) is 6.89. The Morgan fingerprint density at radius 1 is 1.20 bits per heavy atom. The topological polar surface area (TPSA) is 90.8 Å². The fourth-order valence-electron chi connectivity index (χ4n) is 3.84. The van der Waals surface area contributed by atoms with Crippen molar-refractivity contribution >= 4 is 26.6 Å². The number of piperazine rings is 1. The standard InChI is InChI=1S/C17H19N3O4S/c1-19-7-8-20(14-10-25(23,24)9-13(14)19)17(22)12-5-4-11-3-2-6-18-15(11)16(12)21/h2-6,13-14,21H,7-10H2,1H3/t13-,14+/m0/s1. The number of carbonyl (C=O) groups is 1. The number of likely N-dealkylation sites (N-methyl/N-ethyl adjacent to an activating group) is 1. The van der Waals surface area contributed by atoms with Crippen molar-refractivity contribution in [3.05, 3.63) is 36.0 Å². The van der Waals surface area contributed by atoms with Gasteiger partial charge < -0.3 is 10.0 Å². The smallest absolute Gasteiger partial charge is 0.258 e. The van der Waals surface area contributed by atoms with E-state index in [9.17, 15) is 18.3 Å². The predicted molar refractivity (Wildman–Crippen MR) is 93.3 cm³/mol. The van der Waals surface area contributed by atoms with Crippen LogP contribution in [0, 0.1) is 0 Å². The minimum absolute atomic E-state index is 0.0274. The lowest BCUT2D eigenvalue weighted by molar-refractivity contribution is 0.0407. The number of phenols is 1. The molecule has 0 spiro atoms. The van der Waals surface area contributed by atoms with Crippen molar-refractivity contribution in [2.24, 2.45) is 0 Å². The van der Waals surface area contributed by atoms with Gasteiger partial charge in [0.25, 0.3) is 5.91 Å². The molecule has 0 saturated carbocycles. The van der Waals surface area contributed by atoms with Crippen LogP contribution in [0.2, 0.25) is 0 Å². The largest absolute Gasteiger partial charge is 0.505 e. The van der Waals surface area contributed by atoms with E-state index in [1.165, 1.54) is 0 Å². The van der Waals surface area contributed by atoms with Crippen molar-refractivity contribution in [3.63, 3.8) is 0 Å². The minimum Gasteiger partial charge on any atom is -0.505 e. The summed E-state index contributed by atoms with van der Waals surface area (Å²) >= 11 is 0. The number of fused-ring (bicyclic) bond motifs is 2. The van der Waals surface area contributed by atoms with Crippen LogP contribution < -0.4 is 0 Å². The summed E-state index contributed by atoms with van der Waals surface area (Å²) in [5, 5.41) is 11.3. The highest BCUT2D eigenvalue weighted by Gasteiger charge is 2.47. The maximum Gasteiger partial charge on any atom is 0.258 e. The molecule has 0 aliphatic carbocycles. The summed E-state index contributed by atoms with van der Waals surface area (Å²) in [5.41, 5.74) is 0.539. The number of sulfone groups is 1. The summed E-state index contributed by atoms with van der Waals surface area (Å²) in [7, 11) is -1.28. The van der Waals surface area contributed by atoms with Gasteiger partial charge in [-0.15, -0.1) is 0 Å². The average Bonchev–Trinajstić information content (AvgIpc) is 2.91. The number of rotatable bonds is 1. The molecule has 0 unspecified atom stereocenters. The van der Waals surface area contributed by atoms with Crippen molar-refractivity contribution in [2.45, 2.75) is 12.1 Å². The van der Waals surface area contributed by atoms with Gasteiger partial charge in [0.05, 0.1) is 23.1 Å². The first-order valence-corrected chi connectivity index (χ1v) is 9.98. The number of carbonyl (C=O) groups excluding carboxylic acids is 1. The van der Waals surface area contributed by atoms with Crippen LogP contribution in [0.1, 0.15) is 10.4 Å². The summed E-state index contributed by atoms with van der Waals surface area (Å²) in [6.07, 6.45) is 1.56. The number of hydrogen-bond acceptors (Lipinski definition) is 6. The highest BCUT2D eigenvalue weighted by Crippen LogP contribution is 2.31. The van der Waals surface area contributed by atoms with E-state index in [0.717, 1.165) is 5.39 Å². The lowest BCUT2D eigenvalue weighted by atomic mass is 10.0. The number of hydrogen-bond donors (Lipinski definition) is 1. The van der Waals surface area contributed by atoms with Crippen LogP contribution >= 0.6 is 0 Å². The summed E-state index contributed by atoms with van der Waals surface area (Å²) in [4.78, 5) is 20.8. The van der Waals surface area contributed by atoms with E-state index in [0.29, 0.717) is 18.6 Å². The van der Waals surface area contributed by atoms with Crippen LogP contribution in [0.25, 0.3) is 10.9 Å². The molecule has 2 aromatic rings. The third-order valence-electron chi connectivity index (χ3n) is 5.19. The third kappa shape index (κ3) is 2.65. The Morgan fingerprint density at radius 2 is 1.96 bits per heavy atom. The van der Waals surface area contributed by atoms with Gasteiger partial charge in [0.1, 0.15) is 5.52 Å². The van der Waals surface area contributed by atoms with Crippen molar-refractivity contribution in [1.82, 2.24) is 14.8 Å². The molecule has 1 aromatic heterocycles. The van der Waals surface area contributed by atoms with Crippen LogP contribution in [0.4, 0.5) is 0 Å². The number of nitrogens with zero attached hydrogens (tertiary/aromatic N) is 3. The Labute approximate surface area is 145 Å². The normalized spacial score (nSPS) is 25.9. The number of aromatic nitrogens is 1. The zero-order chi connectivity index (χ0) is 17.8. The summed E-state index contributed by atoms with van der Waals surface area (Å²) < 4.78 is 24.1. The first kappa shape index (κ1) is 16.3. The van der Waals surface area contributed by atoms with Gasteiger partial charge in [-0.1, -0.05) is 12.1 Å². The molecule has 2 atom stereocenters. The SMILES string of the molecule is CN1CCN(C(=O)c2ccc3cccnc3c2O)[C@@H]2CS(=O)(=O)C[C@@H]21. The number of phenolic OH excluding ortho intramolecular Hbond substituents is 1. The van der Waals surface area contributed by atoms with Gasteiger partial charge in [-0.2, -0.15) is 0 Å². The Bertz CT molecular complexity index is 960. The van der Waals surface area contributed by atoms with E-state index in [1.54, 1.807) is 29.3 Å². The Hall–Kier alpha value is -2.19. The molecule has 7 nitrogen and oxygen atoms in total. The van der Waals surface area contributed by atoms with Crippen LogP contribution in [-0.4, -0.2) is 77.9 Å². The van der Waals surface area contributed by atoms with Gasteiger partial charge in [-0.3, -0.25) is 14.7 Å². The fraction of sp³-hybridized carbons (Fsp3) is 0.412. The van der Waals surface area contributed by atoms with Crippen LogP contribution in [0.5, 0.6) is 5.75 Å². The fourth-order valence-corrected chi connectivity index (χ4v) is 5.89. The van der Waals surface area contributed by atoms with E-state index in [4.69, 9.17) is 0 Å². The van der Waals surface area contributed by atoms with Crippen molar-refractivity contribution < 1.29 is 18.3 Å². The molecular formula is C17H19N3O4S. The van der Waals surface area contributed by atoms with E-state index in [2.05, 4.69) is 4.98 Å². The molecule has 0 radical (unpaired) electrons. The van der Waals surface area contributed by atoms with Gasteiger partial charge in [0, 0.05) is 30.7 Å². The van der Waals surface area contributed by atoms with Crippen LogP contribution in [0.3, 0.4) is 0 Å². The average molecular weight is 361 g/mol. The van der Waals surface area contributed by atoms with Crippen molar-refractivity contribution in [2.75, 3.05) is 31.6 Å². The van der Waals surface area contributed by atoms with Gasteiger partial charge in [-0.25, -0.2) is 8.42 Å². The van der Waals surface area contributed by atoms with Crippen molar-refractivity contribution in [3.8, 4) is 5.75 Å². The maximum absolute atomic E-state index is 13.0. The highest BCUT2D eigenvalue weighted by atomic mass is 32.2. The molecule has 1 N–H and O–H groups in total. The summed E-state index contributed by atoms with van der Waals surface area (Å²) in [6.45, 7) is 1.04. The maximum atomic E-state index is 13.0. The zero-order valence-electron chi connectivity index (χ0n) is 13.8. The van der Waals surface area contributed by atoms with Gasteiger partial charge in [0.2, 0.25) is 0 Å². The molecule has 1 aromatic carbocycles. The number of aromatic hydroxyl groups is 1. The number of benzene rings is 1. The zero-order valence-corrected chi connectivity index (χ0v) is 14.6. The molecule has 25 heavy (non-hydrogen) atoms. The Kier molecular flexibility index (Phi) is 3.69. The second kappa shape index (κ2) is 5.67. The molecule has 0 bridgehead atoms. The molecular weight excluding hydrogens is 342 g/mol. The van der Waals surface area contributed by atoms with Crippen LogP contribution in [0.15, 0.2) is 30.5 Å². The van der Waals surface area contributed by atoms with Gasteiger partial charge in [0.15, 0.2) is 15.6 Å². The lowest BCUT2D eigenvalue weighted by Gasteiger charge is -2.42. The molecule has 2 saturated heterocycles. The van der Waals surface area contributed by atoms with E-state index < -0.39 is 9.84 Å². The van der Waals surface area contributed by atoms with E-state index in [-0.39, 0.29) is 40.8 Å². The molecule has 4 rings (SSSR count). The first-order valence-electron chi connectivity index (χ1n) is 8.16. The highest BCUT2D eigenvalue weighted by molar-refractivity contribution is 7.91. The molecule has 1 amide bonds. The Balaban J connectivity index is 1.72. The van der Waals surface area contributed by atoms with Crippen molar-refractivity contribution in [1.29, 1.82) is 0 Å².